The van der Waals surface area contributed by atoms with Crippen LogP contribution in [0.15, 0.2) is 6.33 Å². The lowest BCUT2D eigenvalue weighted by molar-refractivity contribution is -0.146. The molecule has 2 N–H and O–H groups in total. The summed E-state index contributed by atoms with van der Waals surface area (Å²) < 4.78 is 1.25. The van der Waals surface area contributed by atoms with Gasteiger partial charge in [-0.2, -0.15) is 0 Å². The van der Waals surface area contributed by atoms with Crippen molar-refractivity contribution in [3.8, 4) is 0 Å². The predicted molar refractivity (Wildman–Crippen MR) is 52.2 cm³/mol. The number of aliphatic carboxylic acids is 1. The van der Waals surface area contributed by atoms with Crippen molar-refractivity contribution in [2.24, 2.45) is 5.41 Å². The van der Waals surface area contributed by atoms with Gasteiger partial charge in [-0.25, -0.2) is 4.68 Å². The molecule has 8 heteroatoms. The van der Waals surface area contributed by atoms with Crippen LogP contribution in [-0.2, 0) is 16.1 Å². The number of rotatable bonds is 5. The van der Waals surface area contributed by atoms with Gasteiger partial charge >= 0.3 is 5.97 Å². The fraction of sp³-hybridized carbons (Fsp3) is 0.625. The summed E-state index contributed by atoms with van der Waals surface area (Å²) in [5.74, 6) is -1.29. The second-order valence-electron chi connectivity index (χ2n) is 3.97. The summed E-state index contributed by atoms with van der Waals surface area (Å²) in [6, 6.07) is 0. The first-order chi connectivity index (χ1) is 7.42. The van der Waals surface area contributed by atoms with Gasteiger partial charge < -0.3 is 10.4 Å². The van der Waals surface area contributed by atoms with Gasteiger partial charge in [0.25, 0.3) is 0 Å². The van der Waals surface area contributed by atoms with Gasteiger partial charge in [-0.3, -0.25) is 9.59 Å². The molecule has 1 aromatic rings. The molecule has 1 rings (SSSR count). The first-order valence-electron chi connectivity index (χ1n) is 4.63. The Hall–Kier alpha value is -1.99. The van der Waals surface area contributed by atoms with Crippen LogP contribution in [0.1, 0.15) is 13.8 Å². The molecular weight excluding hydrogens is 214 g/mol. The minimum atomic E-state index is -0.990. The maximum atomic E-state index is 11.4. The number of nitrogens with zero attached hydrogens (tertiary/aromatic N) is 4. The van der Waals surface area contributed by atoms with Gasteiger partial charge in [0.2, 0.25) is 5.91 Å². The van der Waals surface area contributed by atoms with E-state index in [1.165, 1.54) is 24.9 Å². The Morgan fingerprint density at radius 2 is 2.19 bits per heavy atom. The third-order valence-electron chi connectivity index (χ3n) is 2.00. The molecule has 0 spiro atoms. The molecule has 1 aromatic heterocycles. The zero-order valence-electron chi connectivity index (χ0n) is 9.04. The maximum absolute atomic E-state index is 11.4. The summed E-state index contributed by atoms with van der Waals surface area (Å²) in [5.41, 5.74) is -0.990. The van der Waals surface area contributed by atoms with E-state index < -0.39 is 11.4 Å². The molecule has 0 unspecified atom stereocenters. The maximum Gasteiger partial charge on any atom is 0.310 e. The normalized spacial score (nSPS) is 11.1. The van der Waals surface area contributed by atoms with E-state index in [-0.39, 0.29) is 19.0 Å². The number of hydrogen-bond acceptors (Lipinski definition) is 5. The summed E-state index contributed by atoms with van der Waals surface area (Å²) in [4.78, 5) is 22.1. The zero-order valence-corrected chi connectivity index (χ0v) is 9.04. The van der Waals surface area contributed by atoms with E-state index in [1.807, 2.05) is 0 Å². The van der Waals surface area contributed by atoms with E-state index in [0.29, 0.717) is 0 Å². The van der Waals surface area contributed by atoms with Crippen molar-refractivity contribution in [2.45, 2.75) is 20.4 Å². The predicted octanol–water partition coefficient (Wildman–Crippen LogP) is -1.10. The summed E-state index contributed by atoms with van der Waals surface area (Å²) >= 11 is 0. The molecule has 88 valence electrons. The number of amides is 1. The van der Waals surface area contributed by atoms with Gasteiger partial charge in [0, 0.05) is 6.54 Å². The van der Waals surface area contributed by atoms with Crippen molar-refractivity contribution in [1.29, 1.82) is 0 Å². The second kappa shape index (κ2) is 4.69. The van der Waals surface area contributed by atoms with Crippen molar-refractivity contribution < 1.29 is 14.7 Å². The number of carbonyl (C=O) groups is 2. The number of hydrogen-bond donors (Lipinski definition) is 2. The van der Waals surface area contributed by atoms with Crippen LogP contribution in [0.25, 0.3) is 0 Å². The molecule has 1 amide bonds. The molecule has 0 aliphatic rings. The molecule has 16 heavy (non-hydrogen) atoms. The average molecular weight is 227 g/mol. The number of carboxylic acids is 1. The van der Waals surface area contributed by atoms with Gasteiger partial charge in [0.1, 0.15) is 12.9 Å². The molecule has 0 aliphatic heterocycles. The second-order valence-corrected chi connectivity index (χ2v) is 3.97. The highest BCUT2D eigenvalue weighted by Crippen LogP contribution is 2.12. The molecule has 0 atom stereocenters. The lowest BCUT2D eigenvalue weighted by Gasteiger charge is -2.19. The monoisotopic (exact) mass is 227 g/mol. The average Bonchev–Trinajstić information content (AvgIpc) is 2.67. The first kappa shape index (κ1) is 12.1. The van der Waals surface area contributed by atoms with E-state index in [9.17, 15) is 9.59 Å². The molecule has 0 aliphatic carbocycles. The smallest absolute Gasteiger partial charge is 0.310 e. The minimum absolute atomic E-state index is 0.0251. The fourth-order valence-electron chi connectivity index (χ4n) is 0.851. The fourth-order valence-corrected chi connectivity index (χ4v) is 0.851. The van der Waals surface area contributed by atoms with Gasteiger partial charge in [-0.15, -0.1) is 5.10 Å². The quantitative estimate of drug-likeness (QED) is 0.660. The van der Waals surface area contributed by atoms with Gasteiger partial charge in [0.15, 0.2) is 0 Å². The Morgan fingerprint density at radius 3 is 2.69 bits per heavy atom. The Labute approximate surface area is 91.6 Å². The van der Waals surface area contributed by atoms with Crippen LogP contribution in [0.5, 0.6) is 0 Å². The van der Waals surface area contributed by atoms with Crippen LogP contribution in [-0.4, -0.2) is 43.7 Å². The standard InChI is InChI=1S/C8H13N5O3/c1-8(2,7(15)16)4-9-6(14)3-13-5-10-11-12-13/h5H,3-4H2,1-2H3,(H,9,14)(H,15,16). The zero-order chi connectivity index (χ0) is 12.2. The van der Waals surface area contributed by atoms with Gasteiger partial charge in [-0.1, -0.05) is 0 Å². The van der Waals surface area contributed by atoms with Crippen molar-refractivity contribution in [1.82, 2.24) is 25.5 Å². The Balaban J connectivity index is 2.39. The van der Waals surface area contributed by atoms with Crippen LogP contribution >= 0.6 is 0 Å². The van der Waals surface area contributed by atoms with Gasteiger partial charge in [-0.05, 0) is 24.3 Å². The summed E-state index contributed by atoms with van der Waals surface area (Å²) in [6.07, 6.45) is 1.31. The molecule has 0 aromatic carbocycles. The third-order valence-corrected chi connectivity index (χ3v) is 2.00. The summed E-state index contributed by atoms with van der Waals surface area (Å²) in [6.45, 7) is 3.10. The number of aromatic nitrogens is 4. The Bertz CT molecular complexity index is 373. The molecule has 0 bridgehead atoms. The van der Waals surface area contributed by atoms with Crippen LogP contribution < -0.4 is 5.32 Å². The molecule has 0 saturated heterocycles. The van der Waals surface area contributed by atoms with Crippen LogP contribution in [0.4, 0.5) is 0 Å². The topological polar surface area (TPSA) is 110 Å². The number of tetrazole rings is 1. The largest absolute Gasteiger partial charge is 0.481 e. The minimum Gasteiger partial charge on any atom is -0.481 e. The van der Waals surface area contributed by atoms with E-state index in [1.54, 1.807) is 0 Å². The van der Waals surface area contributed by atoms with Crippen molar-refractivity contribution >= 4 is 11.9 Å². The highest BCUT2D eigenvalue weighted by Gasteiger charge is 2.27. The number of carboxylic acid groups (broad SMARTS) is 1. The number of carbonyl (C=O) groups excluding carboxylic acids is 1. The SMILES string of the molecule is CC(C)(CNC(=O)Cn1cnnn1)C(=O)O. The highest BCUT2D eigenvalue weighted by molar-refractivity contribution is 5.78. The molecule has 0 fully saturated rings. The first-order valence-corrected chi connectivity index (χ1v) is 4.63. The van der Waals surface area contributed by atoms with Crippen LogP contribution in [0, 0.1) is 5.41 Å². The van der Waals surface area contributed by atoms with Crippen molar-refractivity contribution in [3.63, 3.8) is 0 Å². The molecular formula is C8H13N5O3. The van der Waals surface area contributed by atoms with E-state index >= 15 is 0 Å². The van der Waals surface area contributed by atoms with E-state index in [2.05, 4.69) is 20.8 Å². The molecule has 8 nitrogen and oxygen atoms in total. The molecule has 0 radical (unpaired) electrons. The van der Waals surface area contributed by atoms with Crippen LogP contribution in [0.2, 0.25) is 0 Å². The van der Waals surface area contributed by atoms with E-state index in [4.69, 9.17) is 5.11 Å². The summed E-state index contributed by atoms with van der Waals surface area (Å²) in [7, 11) is 0. The highest BCUT2D eigenvalue weighted by atomic mass is 16.4. The van der Waals surface area contributed by atoms with Crippen LogP contribution in [0.3, 0.4) is 0 Å². The Morgan fingerprint density at radius 1 is 1.50 bits per heavy atom. The lowest BCUT2D eigenvalue weighted by Crippen LogP contribution is -2.40. The molecule has 1 heterocycles. The van der Waals surface area contributed by atoms with Crippen molar-refractivity contribution in [2.75, 3.05) is 6.54 Å². The third kappa shape index (κ3) is 3.30. The molecule has 0 saturated carbocycles. The van der Waals surface area contributed by atoms with Crippen molar-refractivity contribution in [3.05, 3.63) is 6.33 Å². The van der Waals surface area contributed by atoms with Gasteiger partial charge in [0.05, 0.1) is 5.41 Å². The number of nitrogens with one attached hydrogen (secondary N) is 1. The van der Waals surface area contributed by atoms with E-state index in [0.717, 1.165) is 0 Å². The lowest BCUT2D eigenvalue weighted by atomic mass is 9.94. The summed E-state index contributed by atoms with van der Waals surface area (Å²) in [5, 5.41) is 21.6. The Kier molecular flexibility index (Phi) is 3.54.